The van der Waals surface area contributed by atoms with Gasteiger partial charge in [-0.15, -0.1) is 0 Å². The van der Waals surface area contributed by atoms with Crippen LogP contribution in [-0.2, 0) is 6.54 Å². The molecule has 0 saturated heterocycles. The number of carbonyl (C=O) groups excluding carboxylic acids is 1. The van der Waals surface area contributed by atoms with Crippen LogP contribution in [0.25, 0.3) is 11.0 Å². The number of nitro benzene ring substituents is 1. The first-order valence-electron chi connectivity index (χ1n) is 8.72. The van der Waals surface area contributed by atoms with Crippen LogP contribution in [0.2, 0.25) is 5.02 Å². The highest BCUT2D eigenvalue weighted by atomic mass is 35.5. The number of amides is 1. The lowest BCUT2D eigenvalue weighted by Gasteiger charge is -2.19. The SMILES string of the molecule is Cc1nc2c(cnn2C(C)C)cc1C(=O)N(C)Cc1cc([N+](=O)[O-])ccc1Cl. The molecule has 2 heterocycles. The number of nitro groups is 1. The first-order valence-corrected chi connectivity index (χ1v) is 9.10. The molecule has 1 amide bonds. The van der Waals surface area contributed by atoms with Crippen molar-refractivity contribution in [3.8, 4) is 0 Å². The number of pyridine rings is 1. The van der Waals surface area contributed by atoms with Crippen LogP contribution in [-0.4, -0.2) is 37.5 Å². The van der Waals surface area contributed by atoms with Crippen molar-refractivity contribution in [3.63, 3.8) is 0 Å². The van der Waals surface area contributed by atoms with E-state index in [2.05, 4.69) is 10.1 Å². The Morgan fingerprint density at radius 2 is 2.07 bits per heavy atom. The highest BCUT2D eigenvalue weighted by Gasteiger charge is 2.20. The molecule has 0 spiro atoms. The Kier molecular flexibility index (Phi) is 5.33. The standard InChI is InChI=1S/C19H20ClN5O3/c1-11(2)24-18-13(9-21-24)8-16(12(3)22-18)19(26)23(4)10-14-7-15(25(27)28)5-6-17(14)20/h5-9,11H,10H2,1-4H3. The van der Waals surface area contributed by atoms with Gasteiger partial charge in [0.15, 0.2) is 5.65 Å². The summed E-state index contributed by atoms with van der Waals surface area (Å²) in [5, 5.41) is 16.5. The van der Waals surface area contributed by atoms with E-state index in [0.29, 0.717) is 21.8 Å². The molecule has 0 aliphatic heterocycles. The Labute approximate surface area is 166 Å². The zero-order chi connectivity index (χ0) is 20.6. The second-order valence-corrected chi connectivity index (χ2v) is 7.32. The van der Waals surface area contributed by atoms with Crippen molar-refractivity contribution in [2.24, 2.45) is 0 Å². The van der Waals surface area contributed by atoms with E-state index in [1.54, 1.807) is 26.2 Å². The van der Waals surface area contributed by atoms with Crippen LogP contribution in [0.4, 0.5) is 5.69 Å². The molecule has 0 saturated carbocycles. The molecule has 2 aromatic heterocycles. The van der Waals surface area contributed by atoms with Gasteiger partial charge in [0.1, 0.15) is 0 Å². The molecule has 1 aromatic carbocycles. The van der Waals surface area contributed by atoms with Crippen LogP contribution < -0.4 is 0 Å². The summed E-state index contributed by atoms with van der Waals surface area (Å²) in [4.78, 5) is 29.5. The van der Waals surface area contributed by atoms with E-state index in [1.807, 2.05) is 18.5 Å². The molecular weight excluding hydrogens is 382 g/mol. The summed E-state index contributed by atoms with van der Waals surface area (Å²) >= 11 is 6.15. The average Bonchev–Trinajstić information content (AvgIpc) is 3.04. The van der Waals surface area contributed by atoms with Gasteiger partial charge in [-0.25, -0.2) is 9.67 Å². The Balaban J connectivity index is 1.91. The summed E-state index contributed by atoms with van der Waals surface area (Å²) in [6.07, 6.45) is 1.69. The summed E-state index contributed by atoms with van der Waals surface area (Å²) < 4.78 is 1.81. The Morgan fingerprint density at radius 1 is 1.36 bits per heavy atom. The Morgan fingerprint density at radius 3 is 2.71 bits per heavy atom. The molecule has 0 atom stereocenters. The zero-order valence-electron chi connectivity index (χ0n) is 16.0. The van der Waals surface area contributed by atoms with Gasteiger partial charge < -0.3 is 4.90 Å². The van der Waals surface area contributed by atoms with E-state index in [0.717, 1.165) is 11.0 Å². The molecule has 0 fully saturated rings. The molecule has 8 nitrogen and oxygen atoms in total. The molecule has 0 bridgehead atoms. The zero-order valence-corrected chi connectivity index (χ0v) is 16.8. The molecule has 0 aliphatic carbocycles. The minimum atomic E-state index is -0.490. The maximum absolute atomic E-state index is 13.0. The van der Waals surface area contributed by atoms with Crippen LogP contribution >= 0.6 is 11.6 Å². The molecule has 146 valence electrons. The molecule has 0 aliphatic rings. The fourth-order valence-electron chi connectivity index (χ4n) is 2.99. The largest absolute Gasteiger partial charge is 0.337 e. The van der Waals surface area contributed by atoms with Crippen LogP contribution in [0.5, 0.6) is 0 Å². The molecule has 9 heteroatoms. The van der Waals surface area contributed by atoms with E-state index in [-0.39, 0.29) is 24.2 Å². The lowest BCUT2D eigenvalue weighted by atomic mass is 10.1. The molecule has 3 rings (SSSR count). The number of halogens is 1. The molecule has 28 heavy (non-hydrogen) atoms. The van der Waals surface area contributed by atoms with Gasteiger partial charge in [0.2, 0.25) is 0 Å². The topological polar surface area (TPSA) is 94.2 Å². The first-order chi connectivity index (χ1) is 13.2. The van der Waals surface area contributed by atoms with Crippen molar-refractivity contribution in [1.82, 2.24) is 19.7 Å². The second-order valence-electron chi connectivity index (χ2n) is 6.91. The number of hydrogen-bond donors (Lipinski definition) is 0. The fraction of sp³-hybridized carbons (Fsp3) is 0.316. The summed E-state index contributed by atoms with van der Waals surface area (Å²) in [5.41, 5.74) is 2.22. The number of aromatic nitrogens is 3. The van der Waals surface area contributed by atoms with Crippen LogP contribution in [0, 0.1) is 17.0 Å². The van der Waals surface area contributed by atoms with E-state index >= 15 is 0 Å². The molecule has 0 unspecified atom stereocenters. The summed E-state index contributed by atoms with van der Waals surface area (Å²) in [6, 6.07) is 6.11. The van der Waals surface area contributed by atoms with E-state index < -0.39 is 4.92 Å². The van der Waals surface area contributed by atoms with Gasteiger partial charge in [0, 0.05) is 42.2 Å². The van der Waals surface area contributed by atoms with Crippen molar-refractivity contribution < 1.29 is 9.72 Å². The Bertz CT molecular complexity index is 1080. The van der Waals surface area contributed by atoms with Gasteiger partial charge in [0.25, 0.3) is 11.6 Å². The third-order valence-electron chi connectivity index (χ3n) is 4.47. The van der Waals surface area contributed by atoms with Crippen molar-refractivity contribution in [3.05, 3.63) is 62.4 Å². The smallest absolute Gasteiger partial charge is 0.269 e. The van der Waals surface area contributed by atoms with Crippen molar-refractivity contribution in [1.29, 1.82) is 0 Å². The number of non-ortho nitro benzene ring substituents is 1. The second kappa shape index (κ2) is 7.55. The highest BCUT2D eigenvalue weighted by Crippen LogP contribution is 2.25. The summed E-state index contributed by atoms with van der Waals surface area (Å²) in [6.45, 7) is 5.94. The third-order valence-corrected chi connectivity index (χ3v) is 4.84. The molecule has 0 N–H and O–H groups in total. The van der Waals surface area contributed by atoms with Crippen molar-refractivity contribution in [2.75, 3.05) is 7.05 Å². The molecule has 0 radical (unpaired) electrons. The van der Waals surface area contributed by atoms with Gasteiger partial charge in [-0.2, -0.15) is 5.10 Å². The predicted molar refractivity (Wildman–Crippen MR) is 107 cm³/mol. The Hall–Kier alpha value is -3.00. The number of fused-ring (bicyclic) bond motifs is 1. The van der Waals surface area contributed by atoms with Gasteiger partial charge in [0.05, 0.1) is 22.4 Å². The maximum atomic E-state index is 13.0. The maximum Gasteiger partial charge on any atom is 0.269 e. The summed E-state index contributed by atoms with van der Waals surface area (Å²) in [5.74, 6) is -0.244. The van der Waals surface area contributed by atoms with Crippen LogP contribution in [0.3, 0.4) is 0 Å². The fourth-order valence-corrected chi connectivity index (χ4v) is 3.17. The van der Waals surface area contributed by atoms with Crippen LogP contribution in [0.1, 0.15) is 41.5 Å². The predicted octanol–water partition coefficient (Wildman–Crippen LogP) is 4.15. The van der Waals surface area contributed by atoms with Crippen molar-refractivity contribution >= 4 is 34.2 Å². The number of rotatable bonds is 5. The number of benzene rings is 1. The number of hydrogen-bond acceptors (Lipinski definition) is 5. The van der Waals surface area contributed by atoms with Gasteiger partial charge in [-0.1, -0.05) is 11.6 Å². The monoisotopic (exact) mass is 401 g/mol. The summed E-state index contributed by atoms with van der Waals surface area (Å²) in [7, 11) is 1.62. The highest BCUT2D eigenvalue weighted by molar-refractivity contribution is 6.31. The normalized spacial score (nSPS) is 11.2. The van der Waals surface area contributed by atoms with E-state index in [1.165, 1.54) is 23.1 Å². The van der Waals surface area contributed by atoms with Gasteiger partial charge >= 0.3 is 0 Å². The van der Waals surface area contributed by atoms with E-state index in [9.17, 15) is 14.9 Å². The van der Waals surface area contributed by atoms with Crippen LogP contribution in [0.15, 0.2) is 30.5 Å². The minimum absolute atomic E-state index is 0.0689. The first kappa shape index (κ1) is 19.8. The molecular formula is C19H20ClN5O3. The molecule has 3 aromatic rings. The van der Waals surface area contributed by atoms with Crippen molar-refractivity contribution in [2.45, 2.75) is 33.4 Å². The average molecular weight is 402 g/mol. The number of aryl methyl sites for hydroxylation is 1. The third kappa shape index (κ3) is 3.68. The lowest BCUT2D eigenvalue weighted by molar-refractivity contribution is -0.384. The van der Waals surface area contributed by atoms with E-state index in [4.69, 9.17) is 11.6 Å². The minimum Gasteiger partial charge on any atom is -0.337 e. The van der Waals surface area contributed by atoms with Gasteiger partial charge in [-0.3, -0.25) is 14.9 Å². The number of carbonyl (C=O) groups is 1. The lowest BCUT2D eigenvalue weighted by Crippen LogP contribution is -2.27. The van der Waals surface area contributed by atoms with Gasteiger partial charge in [-0.05, 0) is 38.5 Å². The quantitative estimate of drug-likeness (QED) is 0.472. The number of nitrogens with zero attached hydrogens (tertiary/aromatic N) is 5.